The molecule has 6 heteroatoms. The van der Waals surface area contributed by atoms with Crippen molar-refractivity contribution in [3.63, 3.8) is 0 Å². The van der Waals surface area contributed by atoms with Crippen molar-refractivity contribution in [3.8, 4) is 11.8 Å². The minimum absolute atomic E-state index is 0.300. The second-order valence-electron chi connectivity index (χ2n) is 5.76. The molecule has 0 bridgehead atoms. The van der Waals surface area contributed by atoms with Crippen LogP contribution in [0.3, 0.4) is 0 Å². The third kappa shape index (κ3) is 3.26. The number of pyridine rings is 1. The van der Waals surface area contributed by atoms with Crippen LogP contribution in [0.15, 0.2) is 42.9 Å². The van der Waals surface area contributed by atoms with E-state index in [0.29, 0.717) is 22.5 Å². The number of anilines is 1. The Kier molecular flexibility index (Phi) is 4.31. The fourth-order valence-corrected chi connectivity index (χ4v) is 2.44. The number of hydrogen-bond acceptors (Lipinski definition) is 4. The third-order valence-corrected chi connectivity index (χ3v) is 4.12. The smallest absolute Gasteiger partial charge is 0.257 e. The summed E-state index contributed by atoms with van der Waals surface area (Å²) in [5, 5.41) is 11.9. The first-order valence-corrected chi connectivity index (χ1v) is 7.78. The van der Waals surface area contributed by atoms with Gasteiger partial charge >= 0.3 is 0 Å². The molecule has 0 spiro atoms. The summed E-state index contributed by atoms with van der Waals surface area (Å²) in [6, 6.07) is 11.1. The van der Waals surface area contributed by atoms with E-state index in [1.165, 1.54) is 6.20 Å². The third-order valence-electron chi connectivity index (χ3n) is 4.12. The quantitative estimate of drug-likeness (QED) is 0.798. The van der Waals surface area contributed by atoms with E-state index < -0.39 is 0 Å². The molecule has 0 atom stereocenters. The molecule has 0 unspecified atom stereocenters. The average Bonchev–Trinajstić information content (AvgIpc) is 2.95. The van der Waals surface area contributed by atoms with Gasteiger partial charge in [0.25, 0.3) is 5.91 Å². The van der Waals surface area contributed by atoms with Crippen molar-refractivity contribution in [2.75, 3.05) is 5.32 Å². The lowest BCUT2D eigenvalue weighted by atomic mass is 10.1. The van der Waals surface area contributed by atoms with Gasteiger partial charge < -0.3 is 9.88 Å². The molecule has 0 saturated carbocycles. The summed E-state index contributed by atoms with van der Waals surface area (Å²) in [4.78, 5) is 20.7. The second-order valence-corrected chi connectivity index (χ2v) is 5.76. The van der Waals surface area contributed by atoms with Crippen LogP contribution in [0.1, 0.15) is 33.0 Å². The highest BCUT2D eigenvalue weighted by Gasteiger charge is 2.10. The highest BCUT2D eigenvalue weighted by Crippen LogP contribution is 2.17. The maximum atomic E-state index is 12.3. The van der Waals surface area contributed by atoms with Crippen LogP contribution in [-0.2, 0) is 0 Å². The minimum atomic E-state index is -0.300. The number of imidazole rings is 1. The lowest BCUT2D eigenvalue weighted by Gasteiger charge is -2.09. The van der Waals surface area contributed by atoms with E-state index in [9.17, 15) is 4.79 Å². The van der Waals surface area contributed by atoms with Crippen LogP contribution in [-0.4, -0.2) is 20.4 Å². The summed E-state index contributed by atoms with van der Waals surface area (Å²) in [6.45, 7) is 5.71. The summed E-state index contributed by atoms with van der Waals surface area (Å²) in [5.74, 6) is -0.300. The molecular weight excluding hydrogens is 314 g/mol. The van der Waals surface area contributed by atoms with E-state index in [1.54, 1.807) is 19.3 Å². The Morgan fingerprint density at radius 3 is 2.44 bits per heavy atom. The zero-order valence-electron chi connectivity index (χ0n) is 14.2. The highest BCUT2D eigenvalue weighted by atomic mass is 16.1. The minimum Gasteiger partial charge on any atom is -0.322 e. The number of nitrogens with one attached hydrogen (secondary N) is 1. The molecule has 3 aromatic rings. The Balaban J connectivity index is 1.79. The van der Waals surface area contributed by atoms with Crippen LogP contribution < -0.4 is 5.32 Å². The van der Waals surface area contributed by atoms with Crippen molar-refractivity contribution < 1.29 is 4.79 Å². The molecule has 3 rings (SSSR count). The largest absolute Gasteiger partial charge is 0.322 e. The monoisotopic (exact) mass is 331 g/mol. The molecule has 1 amide bonds. The Morgan fingerprint density at radius 2 is 1.84 bits per heavy atom. The predicted octanol–water partition coefficient (Wildman–Crippen LogP) is 3.32. The van der Waals surface area contributed by atoms with Crippen LogP contribution in [0.4, 0.5) is 5.69 Å². The first-order valence-electron chi connectivity index (χ1n) is 7.78. The molecule has 2 aromatic heterocycles. The molecule has 0 radical (unpaired) electrons. The number of hydrogen-bond donors (Lipinski definition) is 1. The number of carbonyl (C=O) groups excluding carboxylic acids is 1. The van der Waals surface area contributed by atoms with Crippen molar-refractivity contribution in [2.24, 2.45) is 0 Å². The van der Waals surface area contributed by atoms with Crippen molar-refractivity contribution in [3.05, 3.63) is 71.1 Å². The fraction of sp³-hybridized carbons (Fsp3) is 0.158. The Hall–Kier alpha value is -3.46. The van der Waals surface area contributed by atoms with Crippen LogP contribution in [0, 0.1) is 32.1 Å². The molecule has 0 aliphatic heterocycles. The number of amides is 1. The fourth-order valence-electron chi connectivity index (χ4n) is 2.44. The first kappa shape index (κ1) is 16.4. The molecule has 0 saturated heterocycles. The SMILES string of the molecule is Cc1ncc(C(=O)Nc2ccc(-n3cnc(C)c3C)cc2)cc1C#N. The Morgan fingerprint density at radius 1 is 1.12 bits per heavy atom. The molecule has 0 aliphatic carbocycles. The summed E-state index contributed by atoms with van der Waals surface area (Å²) in [6.07, 6.45) is 3.25. The van der Waals surface area contributed by atoms with Crippen LogP contribution in [0.5, 0.6) is 0 Å². The molecule has 124 valence electrons. The Bertz CT molecular complexity index is 980. The van der Waals surface area contributed by atoms with Gasteiger partial charge in [0, 0.05) is 23.3 Å². The topological polar surface area (TPSA) is 83.6 Å². The van der Waals surface area contributed by atoms with Crippen LogP contribution in [0.25, 0.3) is 5.69 Å². The van der Waals surface area contributed by atoms with Gasteiger partial charge in [0.05, 0.1) is 28.8 Å². The van der Waals surface area contributed by atoms with E-state index in [2.05, 4.69) is 15.3 Å². The number of rotatable bonds is 3. The summed E-state index contributed by atoms with van der Waals surface area (Å²) in [5.41, 5.74) is 5.06. The van der Waals surface area contributed by atoms with Crippen molar-refractivity contribution in [2.45, 2.75) is 20.8 Å². The van der Waals surface area contributed by atoms with Crippen molar-refractivity contribution in [1.82, 2.24) is 14.5 Å². The van der Waals surface area contributed by atoms with E-state index in [0.717, 1.165) is 17.1 Å². The molecule has 1 N–H and O–H groups in total. The summed E-state index contributed by atoms with van der Waals surface area (Å²) in [7, 11) is 0. The summed E-state index contributed by atoms with van der Waals surface area (Å²) < 4.78 is 1.99. The zero-order chi connectivity index (χ0) is 18.0. The van der Waals surface area contributed by atoms with Crippen molar-refractivity contribution >= 4 is 11.6 Å². The zero-order valence-corrected chi connectivity index (χ0v) is 14.2. The lowest BCUT2D eigenvalue weighted by molar-refractivity contribution is 0.102. The van der Waals surface area contributed by atoms with E-state index in [-0.39, 0.29) is 5.91 Å². The molecule has 2 heterocycles. The van der Waals surface area contributed by atoms with E-state index in [1.807, 2.05) is 48.7 Å². The van der Waals surface area contributed by atoms with Crippen molar-refractivity contribution in [1.29, 1.82) is 5.26 Å². The molecule has 1 aromatic carbocycles. The van der Waals surface area contributed by atoms with Gasteiger partial charge in [-0.15, -0.1) is 0 Å². The molecule has 6 nitrogen and oxygen atoms in total. The molecule has 0 aliphatic rings. The number of nitriles is 1. The average molecular weight is 331 g/mol. The number of aromatic nitrogens is 3. The van der Waals surface area contributed by atoms with Gasteiger partial charge in [-0.3, -0.25) is 9.78 Å². The molecular formula is C19H17N5O. The standard InChI is InChI=1S/C19H17N5O/c1-12-14(3)24(11-22-12)18-6-4-17(5-7-18)23-19(25)16-8-15(9-20)13(2)21-10-16/h4-8,10-11H,1-3H3,(H,23,25). The summed E-state index contributed by atoms with van der Waals surface area (Å²) >= 11 is 0. The van der Waals surface area contributed by atoms with Gasteiger partial charge in [-0.25, -0.2) is 4.98 Å². The van der Waals surface area contributed by atoms with Gasteiger partial charge in [-0.05, 0) is 51.1 Å². The number of nitrogens with zero attached hydrogens (tertiary/aromatic N) is 4. The Labute approximate surface area is 145 Å². The maximum absolute atomic E-state index is 12.3. The van der Waals surface area contributed by atoms with Gasteiger partial charge in [-0.1, -0.05) is 0 Å². The van der Waals surface area contributed by atoms with Crippen LogP contribution >= 0.6 is 0 Å². The van der Waals surface area contributed by atoms with E-state index >= 15 is 0 Å². The lowest BCUT2D eigenvalue weighted by Crippen LogP contribution is -2.13. The highest BCUT2D eigenvalue weighted by molar-refractivity contribution is 6.04. The second kappa shape index (κ2) is 6.57. The van der Waals surface area contributed by atoms with Gasteiger partial charge in [0.1, 0.15) is 6.07 Å². The number of aryl methyl sites for hydroxylation is 2. The van der Waals surface area contributed by atoms with Gasteiger partial charge in [-0.2, -0.15) is 5.26 Å². The van der Waals surface area contributed by atoms with Crippen LogP contribution in [0.2, 0.25) is 0 Å². The molecule has 0 fully saturated rings. The normalized spacial score (nSPS) is 10.3. The molecule has 25 heavy (non-hydrogen) atoms. The van der Waals surface area contributed by atoms with Gasteiger partial charge in [0.2, 0.25) is 0 Å². The number of benzene rings is 1. The van der Waals surface area contributed by atoms with E-state index in [4.69, 9.17) is 5.26 Å². The number of carbonyl (C=O) groups is 1. The predicted molar refractivity (Wildman–Crippen MR) is 94.7 cm³/mol. The van der Waals surface area contributed by atoms with Gasteiger partial charge in [0.15, 0.2) is 0 Å². The maximum Gasteiger partial charge on any atom is 0.257 e. The first-order chi connectivity index (χ1) is 12.0.